The van der Waals surface area contributed by atoms with Crippen LogP contribution in [0.1, 0.15) is 81.1 Å². The van der Waals surface area contributed by atoms with Crippen molar-refractivity contribution in [2.75, 3.05) is 0 Å². The van der Waals surface area contributed by atoms with Gasteiger partial charge in [0, 0.05) is 12.4 Å². The lowest BCUT2D eigenvalue weighted by molar-refractivity contribution is -0.117. The zero-order valence-corrected chi connectivity index (χ0v) is 24.3. The number of para-hydroxylation sites is 1. The van der Waals surface area contributed by atoms with Crippen molar-refractivity contribution in [2.45, 2.75) is 71.3 Å². The standard InChI is InChI=1S/C37H41NO3/c1-36-20-18-30(41-35(39)25-10-13-29(14-11-25)40-28-8-4-3-5-9-28)23-27(36)12-15-31-33-17-16-32(26-7-6-22-38-24-26)37(33,2)21-19-34(31)36/h3-11,13-14,16,22,24,27,30-31,33-34H,12,15,17-21,23H2,1-2H3/t27?,30-,31?,33?,34?,36-,37+/m0/s1. The maximum absolute atomic E-state index is 13.1. The van der Waals surface area contributed by atoms with Crippen LogP contribution in [-0.2, 0) is 4.74 Å². The van der Waals surface area contributed by atoms with Crippen molar-refractivity contribution in [3.05, 3.63) is 96.3 Å². The number of allylic oxidation sites excluding steroid dienone is 2. The second-order valence-electron chi connectivity index (χ2n) is 13.4. The Kier molecular flexibility index (Phi) is 6.76. The van der Waals surface area contributed by atoms with Crippen LogP contribution in [0.25, 0.3) is 5.57 Å². The molecule has 7 rings (SSSR count). The second-order valence-corrected chi connectivity index (χ2v) is 13.4. The van der Waals surface area contributed by atoms with E-state index in [4.69, 9.17) is 9.47 Å². The molecule has 1 aromatic heterocycles. The van der Waals surface area contributed by atoms with E-state index in [-0.39, 0.29) is 17.5 Å². The van der Waals surface area contributed by atoms with E-state index in [2.05, 4.69) is 43.2 Å². The Balaban J connectivity index is 0.987. The maximum Gasteiger partial charge on any atom is 0.338 e. The van der Waals surface area contributed by atoms with E-state index in [1.54, 1.807) is 0 Å². The summed E-state index contributed by atoms with van der Waals surface area (Å²) >= 11 is 0. The molecule has 0 bridgehead atoms. The highest BCUT2D eigenvalue weighted by Gasteiger charge is 2.58. The fraction of sp³-hybridized carbons (Fsp3) is 0.459. The smallest absolute Gasteiger partial charge is 0.338 e. The Morgan fingerprint density at radius 1 is 0.854 bits per heavy atom. The minimum Gasteiger partial charge on any atom is -0.459 e. The summed E-state index contributed by atoms with van der Waals surface area (Å²) in [5.74, 6) is 4.21. The van der Waals surface area contributed by atoms with Crippen LogP contribution in [0.3, 0.4) is 0 Å². The zero-order valence-electron chi connectivity index (χ0n) is 24.3. The van der Waals surface area contributed by atoms with Crippen LogP contribution in [0.15, 0.2) is 85.2 Å². The molecule has 0 N–H and O–H groups in total. The number of carbonyl (C=O) groups is 1. The van der Waals surface area contributed by atoms with Crippen molar-refractivity contribution in [3.63, 3.8) is 0 Å². The Morgan fingerprint density at radius 3 is 2.44 bits per heavy atom. The summed E-state index contributed by atoms with van der Waals surface area (Å²) in [6, 6.07) is 21.3. The molecule has 3 aromatic rings. The highest BCUT2D eigenvalue weighted by Crippen LogP contribution is 2.67. The minimum absolute atomic E-state index is 0.0107. The van der Waals surface area contributed by atoms with Gasteiger partial charge in [-0.2, -0.15) is 0 Å². The zero-order chi connectivity index (χ0) is 28.0. The molecule has 2 aromatic carbocycles. The lowest BCUT2D eigenvalue weighted by atomic mass is 9.44. The van der Waals surface area contributed by atoms with Crippen LogP contribution in [0.4, 0.5) is 0 Å². The average Bonchev–Trinajstić information content (AvgIpc) is 3.36. The van der Waals surface area contributed by atoms with Crippen LogP contribution in [0.5, 0.6) is 11.5 Å². The molecule has 3 saturated carbocycles. The average molecular weight is 548 g/mol. The first kappa shape index (κ1) is 26.5. The highest BCUT2D eigenvalue weighted by atomic mass is 16.5. The fourth-order valence-corrected chi connectivity index (χ4v) is 9.37. The van der Waals surface area contributed by atoms with Gasteiger partial charge in [-0.15, -0.1) is 0 Å². The molecule has 0 amide bonds. The molecule has 7 atom stereocenters. The van der Waals surface area contributed by atoms with Crippen molar-refractivity contribution < 1.29 is 14.3 Å². The number of aromatic nitrogens is 1. The number of ether oxygens (including phenoxy) is 2. The van der Waals surface area contributed by atoms with Gasteiger partial charge in [-0.05, 0) is 139 Å². The predicted octanol–water partition coefficient (Wildman–Crippen LogP) is 9.14. The lowest BCUT2D eigenvalue weighted by Gasteiger charge is -2.60. The van der Waals surface area contributed by atoms with Gasteiger partial charge < -0.3 is 9.47 Å². The molecule has 4 aliphatic carbocycles. The number of esters is 1. The molecule has 0 spiro atoms. The highest BCUT2D eigenvalue weighted by molar-refractivity contribution is 5.89. The molecular weight excluding hydrogens is 506 g/mol. The fourth-order valence-electron chi connectivity index (χ4n) is 9.37. The Morgan fingerprint density at radius 2 is 1.66 bits per heavy atom. The van der Waals surface area contributed by atoms with Crippen molar-refractivity contribution in [2.24, 2.45) is 34.5 Å². The third-order valence-electron chi connectivity index (χ3n) is 11.5. The van der Waals surface area contributed by atoms with Gasteiger partial charge in [0.05, 0.1) is 5.56 Å². The van der Waals surface area contributed by atoms with Gasteiger partial charge in [-0.3, -0.25) is 4.98 Å². The van der Waals surface area contributed by atoms with E-state index in [1.165, 1.54) is 43.2 Å². The summed E-state index contributed by atoms with van der Waals surface area (Å²) in [6.07, 6.45) is 16.0. The minimum atomic E-state index is -0.216. The number of fused-ring (bicyclic) bond motifs is 5. The second kappa shape index (κ2) is 10.5. The first-order valence-corrected chi connectivity index (χ1v) is 15.6. The van der Waals surface area contributed by atoms with Gasteiger partial charge in [0.25, 0.3) is 0 Å². The van der Waals surface area contributed by atoms with Gasteiger partial charge in [-0.25, -0.2) is 4.79 Å². The van der Waals surface area contributed by atoms with E-state index in [1.807, 2.05) is 60.8 Å². The molecule has 212 valence electrons. The van der Waals surface area contributed by atoms with Crippen molar-refractivity contribution in [1.29, 1.82) is 0 Å². The summed E-state index contributed by atoms with van der Waals surface area (Å²) in [4.78, 5) is 17.5. The van der Waals surface area contributed by atoms with Gasteiger partial charge >= 0.3 is 5.97 Å². The molecule has 3 fully saturated rings. The predicted molar refractivity (Wildman–Crippen MR) is 161 cm³/mol. The van der Waals surface area contributed by atoms with Crippen molar-refractivity contribution in [3.8, 4) is 11.5 Å². The van der Waals surface area contributed by atoms with Crippen molar-refractivity contribution in [1.82, 2.24) is 4.98 Å². The van der Waals surface area contributed by atoms with E-state index in [0.717, 1.165) is 42.8 Å². The van der Waals surface area contributed by atoms with Gasteiger partial charge in [-0.1, -0.05) is 44.2 Å². The van der Waals surface area contributed by atoms with E-state index in [9.17, 15) is 4.79 Å². The quantitative estimate of drug-likeness (QED) is 0.299. The number of benzene rings is 2. The largest absolute Gasteiger partial charge is 0.459 e. The van der Waals surface area contributed by atoms with E-state index in [0.29, 0.717) is 22.6 Å². The Hall–Kier alpha value is -3.40. The molecule has 4 aliphatic rings. The number of hydrogen-bond donors (Lipinski definition) is 0. The molecule has 4 heteroatoms. The normalized spacial score (nSPS) is 34.0. The monoisotopic (exact) mass is 547 g/mol. The lowest BCUT2D eigenvalue weighted by Crippen LogP contribution is -2.53. The first-order valence-electron chi connectivity index (χ1n) is 15.6. The topological polar surface area (TPSA) is 48.4 Å². The molecule has 0 radical (unpaired) electrons. The van der Waals surface area contributed by atoms with E-state index < -0.39 is 0 Å². The Labute approximate surface area is 244 Å². The van der Waals surface area contributed by atoms with Crippen LogP contribution in [-0.4, -0.2) is 17.1 Å². The molecular formula is C37H41NO3. The molecule has 0 aliphatic heterocycles. The summed E-state index contributed by atoms with van der Waals surface area (Å²) < 4.78 is 12.0. The third-order valence-corrected chi connectivity index (χ3v) is 11.5. The number of rotatable bonds is 5. The van der Waals surface area contributed by atoms with Gasteiger partial charge in [0.1, 0.15) is 17.6 Å². The summed E-state index contributed by atoms with van der Waals surface area (Å²) in [5, 5.41) is 0. The van der Waals surface area contributed by atoms with Gasteiger partial charge in [0.2, 0.25) is 0 Å². The van der Waals surface area contributed by atoms with Gasteiger partial charge in [0.15, 0.2) is 0 Å². The number of hydrogen-bond acceptors (Lipinski definition) is 4. The van der Waals surface area contributed by atoms with E-state index >= 15 is 0 Å². The number of pyridine rings is 1. The molecule has 41 heavy (non-hydrogen) atoms. The molecule has 1 heterocycles. The molecule has 0 saturated heterocycles. The van der Waals surface area contributed by atoms with Crippen LogP contribution in [0.2, 0.25) is 0 Å². The number of carbonyl (C=O) groups excluding carboxylic acids is 1. The summed E-state index contributed by atoms with van der Waals surface area (Å²) in [7, 11) is 0. The van der Waals surface area contributed by atoms with Crippen LogP contribution < -0.4 is 4.74 Å². The first-order chi connectivity index (χ1) is 19.9. The Bertz CT molecular complexity index is 1420. The summed E-state index contributed by atoms with van der Waals surface area (Å²) in [6.45, 7) is 5.11. The van der Waals surface area contributed by atoms with Crippen LogP contribution in [0, 0.1) is 34.5 Å². The molecule has 4 unspecified atom stereocenters. The third kappa shape index (κ3) is 4.70. The maximum atomic E-state index is 13.1. The van der Waals surface area contributed by atoms with Crippen molar-refractivity contribution >= 4 is 11.5 Å². The van der Waals surface area contributed by atoms with Crippen LogP contribution >= 0.6 is 0 Å². The summed E-state index contributed by atoms with van der Waals surface area (Å²) in [5.41, 5.74) is 4.06. The SMILES string of the molecule is C[C@]12CC[C@H](OC(=O)c3ccc(Oc4ccccc4)cc3)CC1CCC1C2CC[C@]2(C)C(c3cccnc3)=CCC12. The molecule has 4 nitrogen and oxygen atoms in total. The number of nitrogens with zero attached hydrogens (tertiary/aromatic N) is 1.